The number of carbonyl (C=O) groups excluding carboxylic acids is 3. The summed E-state index contributed by atoms with van der Waals surface area (Å²) in [5.41, 5.74) is 5.03. The lowest BCUT2D eigenvalue weighted by atomic mass is 10.1. The number of carbonyl (C=O) groups is 3. The summed E-state index contributed by atoms with van der Waals surface area (Å²) >= 11 is 0. The van der Waals surface area contributed by atoms with Crippen molar-refractivity contribution in [3.05, 3.63) is 29.6 Å². The first-order valence-electron chi connectivity index (χ1n) is 7.05. The topological polar surface area (TPSA) is 101 Å². The van der Waals surface area contributed by atoms with Gasteiger partial charge in [-0.1, -0.05) is 6.92 Å². The molecular formula is C15H18FN3O3. The van der Waals surface area contributed by atoms with E-state index in [1.54, 1.807) is 0 Å². The summed E-state index contributed by atoms with van der Waals surface area (Å²) < 4.78 is 13.3. The zero-order chi connectivity index (χ0) is 16.3. The number of rotatable bonds is 6. The third kappa shape index (κ3) is 4.03. The molecule has 2 atom stereocenters. The number of nitrogens with one attached hydrogen (secondary N) is 2. The van der Waals surface area contributed by atoms with Crippen LogP contribution < -0.4 is 16.4 Å². The maximum atomic E-state index is 13.3. The summed E-state index contributed by atoms with van der Waals surface area (Å²) in [4.78, 5) is 34.3. The van der Waals surface area contributed by atoms with Gasteiger partial charge in [-0.15, -0.1) is 0 Å². The number of nitrogens with two attached hydrogens (primary N) is 1. The number of amides is 3. The van der Waals surface area contributed by atoms with Crippen LogP contribution in [-0.2, 0) is 9.59 Å². The smallest absolute Gasteiger partial charge is 0.251 e. The van der Waals surface area contributed by atoms with Crippen LogP contribution in [0, 0.1) is 17.7 Å². The fourth-order valence-electron chi connectivity index (χ4n) is 2.13. The molecule has 3 amide bonds. The Bertz CT molecular complexity index is 618. The Morgan fingerprint density at radius 3 is 2.64 bits per heavy atom. The number of hydrogen-bond donors (Lipinski definition) is 3. The lowest BCUT2D eigenvalue weighted by Crippen LogP contribution is -2.29. The molecule has 6 nitrogen and oxygen atoms in total. The Labute approximate surface area is 127 Å². The molecule has 1 fully saturated rings. The second-order valence-corrected chi connectivity index (χ2v) is 5.47. The van der Waals surface area contributed by atoms with Gasteiger partial charge in [0.25, 0.3) is 5.91 Å². The summed E-state index contributed by atoms with van der Waals surface area (Å²) in [6.45, 7) is 2.24. The molecule has 1 aliphatic rings. The van der Waals surface area contributed by atoms with Crippen LogP contribution in [0.4, 0.5) is 10.1 Å². The summed E-state index contributed by atoms with van der Waals surface area (Å²) in [5, 5.41) is 5.22. The molecule has 7 heteroatoms. The van der Waals surface area contributed by atoms with E-state index in [1.165, 1.54) is 12.1 Å². The molecule has 0 aromatic heterocycles. The lowest BCUT2D eigenvalue weighted by molar-refractivity contribution is -0.122. The average molecular weight is 307 g/mol. The normalized spacial score (nSPS) is 19.4. The molecular weight excluding hydrogens is 289 g/mol. The van der Waals surface area contributed by atoms with Gasteiger partial charge in [-0.25, -0.2) is 4.39 Å². The molecule has 0 radical (unpaired) electrons. The molecule has 1 aromatic rings. The second kappa shape index (κ2) is 6.55. The summed E-state index contributed by atoms with van der Waals surface area (Å²) in [6.07, 6.45) is 0.986. The lowest BCUT2D eigenvalue weighted by Gasteiger charge is -2.08. The van der Waals surface area contributed by atoms with E-state index >= 15 is 0 Å². The molecule has 0 spiro atoms. The summed E-state index contributed by atoms with van der Waals surface area (Å²) in [6, 6.07) is 3.58. The molecule has 0 unspecified atom stereocenters. The van der Waals surface area contributed by atoms with Crippen molar-refractivity contribution in [2.24, 2.45) is 17.6 Å². The molecule has 0 heterocycles. The van der Waals surface area contributed by atoms with Crippen LogP contribution in [0.15, 0.2) is 18.2 Å². The Hall–Kier alpha value is -2.44. The minimum atomic E-state index is -0.903. The van der Waals surface area contributed by atoms with Gasteiger partial charge in [0.1, 0.15) is 5.82 Å². The predicted molar refractivity (Wildman–Crippen MR) is 78.4 cm³/mol. The van der Waals surface area contributed by atoms with Gasteiger partial charge >= 0.3 is 0 Å². The second-order valence-electron chi connectivity index (χ2n) is 5.47. The molecule has 1 aromatic carbocycles. The van der Waals surface area contributed by atoms with Crippen LogP contribution >= 0.6 is 0 Å². The van der Waals surface area contributed by atoms with E-state index in [9.17, 15) is 18.8 Å². The molecule has 118 valence electrons. The van der Waals surface area contributed by atoms with E-state index in [2.05, 4.69) is 10.6 Å². The van der Waals surface area contributed by atoms with Crippen LogP contribution in [0.1, 0.15) is 30.1 Å². The highest BCUT2D eigenvalue weighted by atomic mass is 19.1. The Morgan fingerprint density at radius 2 is 2.05 bits per heavy atom. The van der Waals surface area contributed by atoms with Gasteiger partial charge in [-0.05, 0) is 30.5 Å². The maximum Gasteiger partial charge on any atom is 0.251 e. The largest absolute Gasteiger partial charge is 0.366 e. The number of primary amides is 1. The van der Waals surface area contributed by atoms with Crippen LogP contribution in [0.3, 0.4) is 0 Å². The van der Waals surface area contributed by atoms with E-state index < -0.39 is 11.7 Å². The highest BCUT2D eigenvalue weighted by Crippen LogP contribution is 2.37. The number of anilines is 1. The average Bonchev–Trinajstić information content (AvgIpc) is 3.17. The SMILES string of the molecule is C[C@@H]1C[C@@H]1C(=O)NCCC(=O)Nc1ccc(F)c(C(N)=O)c1. The quantitative estimate of drug-likeness (QED) is 0.731. The van der Waals surface area contributed by atoms with Crippen LogP contribution in [0.2, 0.25) is 0 Å². The molecule has 4 N–H and O–H groups in total. The molecule has 1 aliphatic carbocycles. The molecule has 0 saturated heterocycles. The highest BCUT2D eigenvalue weighted by Gasteiger charge is 2.38. The Kier molecular flexibility index (Phi) is 4.75. The van der Waals surface area contributed by atoms with Gasteiger partial charge in [0.2, 0.25) is 11.8 Å². The fourth-order valence-corrected chi connectivity index (χ4v) is 2.13. The molecule has 0 aliphatic heterocycles. The molecule has 1 saturated carbocycles. The highest BCUT2D eigenvalue weighted by molar-refractivity contribution is 5.96. The summed E-state index contributed by atoms with van der Waals surface area (Å²) in [7, 11) is 0. The van der Waals surface area contributed by atoms with Gasteiger partial charge in [-0.3, -0.25) is 14.4 Å². The fraction of sp³-hybridized carbons (Fsp3) is 0.400. The molecule has 0 bridgehead atoms. The predicted octanol–water partition coefficient (Wildman–Crippen LogP) is 1.03. The van der Waals surface area contributed by atoms with Gasteiger partial charge in [-0.2, -0.15) is 0 Å². The van der Waals surface area contributed by atoms with Crippen LogP contribution in [0.5, 0.6) is 0 Å². The first-order chi connectivity index (χ1) is 10.4. The minimum Gasteiger partial charge on any atom is -0.366 e. The number of halogens is 1. The zero-order valence-corrected chi connectivity index (χ0v) is 12.2. The van der Waals surface area contributed by atoms with Crippen LogP contribution in [-0.4, -0.2) is 24.3 Å². The maximum absolute atomic E-state index is 13.3. The van der Waals surface area contributed by atoms with E-state index in [0.29, 0.717) is 5.92 Å². The van der Waals surface area contributed by atoms with Gasteiger partial charge in [0.15, 0.2) is 0 Å². The van der Waals surface area contributed by atoms with E-state index in [4.69, 9.17) is 5.73 Å². The van der Waals surface area contributed by atoms with E-state index in [-0.39, 0.29) is 41.9 Å². The van der Waals surface area contributed by atoms with Crippen molar-refractivity contribution in [1.29, 1.82) is 0 Å². The molecule has 2 rings (SSSR count). The van der Waals surface area contributed by atoms with Crippen molar-refractivity contribution in [3.8, 4) is 0 Å². The minimum absolute atomic E-state index is 0.0295. The number of hydrogen-bond acceptors (Lipinski definition) is 3. The summed E-state index contributed by atoms with van der Waals surface area (Å²) in [5.74, 6) is -1.53. The van der Waals surface area contributed by atoms with Crippen molar-refractivity contribution in [2.45, 2.75) is 19.8 Å². The van der Waals surface area contributed by atoms with Crippen LogP contribution in [0.25, 0.3) is 0 Å². The Balaban J connectivity index is 1.80. The van der Waals surface area contributed by atoms with Crippen molar-refractivity contribution >= 4 is 23.4 Å². The van der Waals surface area contributed by atoms with E-state index in [1.807, 2.05) is 6.92 Å². The van der Waals surface area contributed by atoms with Gasteiger partial charge in [0, 0.05) is 24.6 Å². The monoisotopic (exact) mass is 307 g/mol. The van der Waals surface area contributed by atoms with Gasteiger partial charge in [0.05, 0.1) is 5.56 Å². The zero-order valence-electron chi connectivity index (χ0n) is 12.2. The van der Waals surface area contributed by atoms with Crippen molar-refractivity contribution in [1.82, 2.24) is 5.32 Å². The van der Waals surface area contributed by atoms with Crippen molar-refractivity contribution in [2.75, 3.05) is 11.9 Å². The van der Waals surface area contributed by atoms with Gasteiger partial charge < -0.3 is 16.4 Å². The first-order valence-corrected chi connectivity index (χ1v) is 7.05. The van der Waals surface area contributed by atoms with E-state index in [0.717, 1.165) is 12.5 Å². The van der Waals surface area contributed by atoms with Crippen molar-refractivity contribution < 1.29 is 18.8 Å². The third-order valence-corrected chi connectivity index (χ3v) is 3.61. The standard InChI is InChI=1S/C15H18FN3O3/c1-8-6-10(8)15(22)18-5-4-13(20)19-9-2-3-12(16)11(7-9)14(17)21/h2-3,7-8,10H,4-6H2,1H3,(H2,17,21)(H,18,22)(H,19,20)/t8-,10+/m1/s1. The Morgan fingerprint density at radius 1 is 1.36 bits per heavy atom. The number of benzene rings is 1. The van der Waals surface area contributed by atoms with Crippen molar-refractivity contribution in [3.63, 3.8) is 0 Å². The first kappa shape index (κ1) is 15.9. The third-order valence-electron chi connectivity index (χ3n) is 3.61. The molecule has 22 heavy (non-hydrogen) atoms.